The standard InChI is InChI=1S/C27H21FN2O6S/c28-20-6-9-22(10-7-20)30(37(33)34)23-16-21(8-11-24(23)31)29-27(32)18-3-1-17(2-4-18)19-5-12-25-26(15-19)36-14-13-35-25/h1-12,15-16,31H,13-14H2,(H,29,32)(H,33,34). The summed E-state index contributed by atoms with van der Waals surface area (Å²) in [6, 6.07) is 21.6. The van der Waals surface area contributed by atoms with Gasteiger partial charge in [0.2, 0.25) is 0 Å². The monoisotopic (exact) mass is 520 g/mol. The number of aromatic hydroxyl groups is 1. The van der Waals surface area contributed by atoms with Gasteiger partial charge in [-0.1, -0.05) is 18.2 Å². The third-order valence-corrected chi connectivity index (χ3v) is 6.41. The number of carbonyl (C=O) groups is 1. The lowest BCUT2D eigenvalue weighted by Gasteiger charge is -2.21. The number of benzene rings is 4. The van der Waals surface area contributed by atoms with Gasteiger partial charge in [0, 0.05) is 11.3 Å². The molecule has 37 heavy (non-hydrogen) atoms. The molecule has 8 nitrogen and oxygen atoms in total. The van der Waals surface area contributed by atoms with Crippen LogP contribution < -0.4 is 19.1 Å². The fourth-order valence-corrected chi connectivity index (χ4v) is 4.51. The Morgan fingerprint density at radius 3 is 2.24 bits per heavy atom. The summed E-state index contributed by atoms with van der Waals surface area (Å²) in [5, 5.41) is 13.1. The Bertz CT molecular complexity index is 1480. The maximum atomic E-state index is 13.3. The number of ether oxygens (including phenoxy) is 2. The maximum Gasteiger partial charge on any atom is 0.266 e. The van der Waals surface area contributed by atoms with Crippen LogP contribution in [0.15, 0.2) is 84.9 Å². The maximum absolute atomic E-state index is 13.3. The van der Waals surface area contributed by atoms with E-state index in [1.807, 2.05) is 30.3 Å². The Hall–Kier alpha value is -4.41. The summed E-state index contributed by atoms with van der Waals surface area (Å²) < 4.78 is 47.3. The summed E-state index contributed by atoms with van der Waals surface area (Å²) in [5.74, 6) is 0.143. The first-order valence-corrected chi connectivity index (χ1v) is 12.3. The molecule has 10 heteroatoms. The number of rotatable bonds is 6. The molecule has 1 amide bonds. The second-order valence-corrected chi connectivity index (χ2v) is 8.92. The fraction of sp³-hybridized carbons (Fsp3) is 0.0741. The Morgan fingerprint density at radius 2 is 1.54 bits per heavy atom. The van der Waals surface area contributed by atoms with E-state index >= 15 is 0 Å². The molecule has 0 bridgehead atoms. The zero-order valence-electron chi connectivity index (χ0n) is 19.3. The zero-order valence-corrected chi connectivity index (χ0v) is 20.1. The van der Waals surface area contributed by atoms with Crippen molar-refractivity contribution >= 4 is 34.2 Å². The molecule has 1 aliphatic rings. The predicted molar refractivity (Wildman–Crippen MR) is 138 cm³/mol. The lowest BCUT2D eigenvalue weighted by atomic mass is 10.0. The zero-order chi connectivity index (χ0) is 25.9. The summed E-state index contributed by atoms with van der Waals surface area (Å²) in [5.41, 5.74) is 2.61. The number of halogens is 1. The molecule has 0 saturated heterocycles. The van der Waals surface area contributed by atoms with E-state index in [0.717, 1.165) is 27.6 Å². The Kier molecular flexibility index (Phi) is 6.76. The van der Waals surface area contributed by atoms with Crippen molar-refractivity contribution in [3.05, 3.63) is 96.3 Å². The smallest absolute Gasteiger partial charge is 0.266 e. The van der Waals surface area contributed by atoms with Crippen LogP contribution in [0, 0.1) is 5.82 Å². The minimum absolute atomic E-state index is 0.0424. The van der Waals surface area contributed by atoms with Gasteiger partial charge < -0.3 is 19.9 Å². The molecule has 5 rings (SSSR count). The van der Waals surface area contributed by atoms with Gasteiger partial charge in [0.15, 0.2) is 11.5 Å². The van der Waals surface area contributed by atoms with Crippen LogP contribution in [0.5, 0.6) is 17.2 Å². The van der Waals surface area contributed by atoms with Crippen LogP contribution in [0.25, 0.3) is 11.1 Å². The van der Waals surface area contributed by atoms with Crippen molar-refractivity contribution in [2.24, 2.45) is 0 Å². The molecular formula is C27H21FN2O6S. The van der Waals surface area contributed by atoms with E-state index in [2.05, 4.69) is 5.32 Å². The highest BCUT2D eigenvalue weighted by atomic mass is 32.2. The van der Waals surface area contributed by atoms with E-state index in [-0.39, 0.29) is 22.8 Å². The second-order valence-electron chi connectivity index (χ2n) is 8.09. The molecular weight excluding hydrogens is 499 g/mol. The molecule has 0 radical (unpaired) electrons. The number of nitrogens with one attached hydrogen (secondary N) is 1. The summed E-state index contributed by atoms with van der Waals surface area (Å²) in [6.45, 7) is 1.01. The lowest BCUT2D eigenvalue weighted by molar-refractivity contribution is 0.102. The van der Waals surface area contributed by atoms with Crippen LogP contribution >= 0.6 is 0 Å². The molecule has 0 aliphatic carbocycles. The van der Waals surface area contributed by atoms with Crippen molar-refractivity contribution in [1.29, 1.82) is 0 Å². The predicted octanol–water partition coefficient (Wildman–Crippen LogP) is 5.50. The molecule has 1 aliphatic heterocycles. The summed E-state index contributed by atoms with van der Waals surface area (Å²) in [4.78, 5) is 12.9. The molecule has 0 fully saturated rings. The number of amides is 1. The Balaban J connectivity index is 1.35. The van der Waals surface area contributed by atoms with E-state index in [1.165, 1.54) is 30.3 Å². The number of hydrogen-bond donors (Lipinski definition) is 3. The SMILES string of the molecule is O=C(Nc1ccc(O)c(N(c2ccc(F)cc2)S(=O)O)c1)c1ccc(-c2ccc3c(c2)OCCO3)cc1. The average molecular weight is 521 g/mol. The molecule has 1 unspecified atom stereocenters. The minimum atomic E-state index is -2.58. The number of fused-ring (bicyclic) bond motifs is 1. The van der Waals surface area contributed by atoms with E-state index in [0.29, 0.717) is 30.3 Å². The molecule has 4 aromatic carbocycles. The normalized spacial score (nSPS) is 13.0. The molecule has 3 N–H and O–H groups in total. The van der Waals surface area contributed by atoms with Gasteiger partial charge in [-0.25, -0.2) is 12.9 Å². The first-order valence-electron chi connectivity index (χ1n) is 11.2. The molecule has 1 atom stereocenters. The third-order valence-electron chi connectivity index (χ3n) is 5.69. The van der Waals surface area contributed by atoms with Gasteiger partial charge in [0.1, 0.15) is 30.5 Å². The molecule has 0 spiro atoms. The molecule has 188 valence electrons. The van der Waals surface area contributed by atoms with Crippen molar-refractivity contribution in [2.45, 2.75) is 0 Å². The molecule has 4 aromatic rings. The van der Waals surface area contributed by atoms with E-state index in [4.69, 9.17) is 9.47 Å². The quantitative estimate of drug-likeness (QED) is 0.229. The highest BCUT2D eigenvalue weighted by Gasteiger charge is 2.20. The highest BCUT2D eigenvalue weighted by Crippen LogP contribution is 2.37. The minimum Gasteiger partial charge on any atom is -0.506 e. The number of phenols is 1. The highest BCUT2D eigenvalue weighted by molar-refractivity contribution is 7.81. The lowest BCUT2D eigenvalue weighted by Crippen LogP contribution is -2.20. The van der Waals surface area contributed by atoms with Crippen molar-refractivity contribution < 1.29 is 32.5 Å². The molecule has 1 heterocycles. The number of nitrogens with zero attached hydrogens (tertiary/aromatic N) is 1. The largest absolute Gasteiger partial charge is 0.506 e. The summed E-state index contributed by atoms with van der Waals surface area (Å²) >= 11 is -2.58. The second kappa shape index (κ2) is 10.3. The van der Waals surface area contributed by atoms with Crippen LogP contribution in [-0.2, 0) is 11.3 Å². The van der Waals surface area contributed by atoms with Crippen molar-refractivity contribution in [3.63, 3.8) is 0 Å². The van der Waals surface area contributed by atoms with Gasteiger partial charge in [-0.05, 0) is 77.9 Å². The van der Waals surface area contributed by atoms with E-state index in [1.54, 1.807) is 12.1 Å². The Morgan fingerprint density at radius 1 is 0.865 bits per heavy atom. The average Bonchev–Trinajstić information content (AvgIpc) is 2.91. The molecule has 0 aromatic heterocycles. The van der Waals surface area contributed by atoms with Gasteiger partial charge in [-0.2, -0.15) is 0 Å². The van der Waals surface area contributed by atoms with E-state index in [9.17, 15) is 23.1 Å². The fourth-order valence-electron chi connectivity index (χ4n) is 3.89. The van der Waals surface area contributed by atoms with Gasteiger partial charge in [0.05, 0.1) is 5.69 Å². The topological polar surface area (TPSA) is 108 Å². The summed E-state index contributed by atoms with van der Waals surface area (Å²) in [6.07, 6.45) is 0. The van der Waals surface area contributed by atoms with Gasteiger partial charge >= 0.3 is 0 Å². The van der Waals surface area contributed by atoms with Crippen LogP contribution in [0.2, 0.25) is 0 Å². The van der Waals surface area contributed by atoms with Gasteiger partial charge in [-0.3, -0.25) is 9.35 Å². The van der Waals surface area contributed by atoms with Crippen LogP contribution in [-0.4, -0.2) is 33.0 Å². The number of hydrogen-bond acceptors (Lipinski definition) is 5. The summed E-state index contributed by atoms with van der Waals surface area (Å²) in [7, 11) is 0. The number of carbonyl (C=O) groups excluding carboxylic acids is 1. The first-order chi connectivity index (χ1) is 17.9. The van der Waals surface area contributed by atoms with Gasteiger partial charge in [0.25, 0.3) is 17.2 Å². The van der Waals surface area contributed by atoms with Crippen molar-refractivity contribution in [2.75, 3.05) is 22.8 Å². The Labute approximate surface area is 214 Å². The van der Waals surface area contributed by atoms with Crippen molar-refractivity contribution in [3.8, 4) is 28.4 Å². The first kappa shape index (κ1) is 24.3. The van der Waals surface area contributed by atoms with Gasteiger partial charge in [-0.15, -0.1) is 0 Å². The third kappa shape index (κ3) is 5.25. The van der Waals surface area contributed by atoms with Crippen LogP contribution in [0.1, 0.15) is 10.4 Å². The van der Waals surface area contributed by atoms with E-state index < -0.39 is 23.0 Å². The molecule has 0 saturated carbocycles. The van der Waals surface area contributed by atoms with Crippen LogP contribution in [0.3, 0.4) is 0 Å². The number of phenolic OH excluding ortho intramolecular Hbond substituents is 1. The number of anilines is 3. The van der Waals surface area contributed by atoms with Crippen molar-refractivity contribution in [1.82, 2.24) is 0 Å². The van der Waals surface area contributed by atoms with Crippen LogP contribution in [0.4, 0.5) is 21.5 Å².